The van der Waals surface area contributed by atoms with Crippen molar-refractivity contribution < 1.29 is 14.3 Å². The molecule has 0 aromatic rings. The summed E-state index contributed by atoms with van der Waals surface area (Å²) in [5.74, 6) is 0.494. The van der Waals surface area contributed by atoms with E-state index in [0.717, 1.165) is 31.6 Å². The zero-order chi connectivity index (χ0) is 10.9. The first kappa shape index (κ1) is 10.7. The molecule has 1 spiro atoms. The summed E-state index contributed by atoms with van der Waals surface area (Å²) in [7, 11) is 0. The number of Topliss-reactive ketones (excluding diaryl/α,β-unsaturated/α-hetero) is 1. The molecule has 1 aliphatic carbocycles. The van der Waals surface area contributed by atoms with E-state index < -0.39 is 5.60 Å². The van der Waals surface area contributed by atoms with E-state index in [1.165, 1.54) is 6.42 Å². The molecule has 3 nitrogen and oxygen atoms in total. The SMILES string of the molecule is CCC1CCC2(CC1)CC(=O)CC(=O)O2. The summed E-state index contributed by atoms with van der Waals surface area (Å²) < 4.78 is 5.42. The van der Waals surface area contributed by atoms with Crippen LogP contribution in [0.2, 0.25) is 0 Å². The number of carbonyl (C=O) groups excluding carboxylic acids is 2. The van der Waals surface area contributed by atoms with E-state index >= 15 is 0 Å². The van der Waals surface area contributed by atoms with Crippen LogP contribution >= 0.6 is 0 Å². The lowest BCUT2D eigenvalue weighted by atomic mass is 9.74. The minimum absolute atomic E-state index is 0.0149. The number of esters is 1. The Morgan fingerprint density at radius 3 is 2.53 bits per heavy atom. The fourth-order valence-electron chi connectivity index (χ4n) is 2.79. The Bertz CT molecular complexity index is 257. The Balaban J connectivity index is 2.02. The highest BCUT2D eigenvalue weighted by atomic mass is 16.6. The quantitative estimate of drug-likeness (QED) is 0.492. The molecule has 0 aromatic heterocycles. The fourth-order valence-corrected chi connectivity index (χ4v) is 2.79. The van der Waals surface area contributed by atoms with Gasteiger partial charge in [0.15, 0.2) is 0 Å². The van der Waals surface area contributed by atoms with Crippen LogP contribution in [0.15, 0.2) is 0 Å². The van der Waals surface area contributed by atoms with Gasteiger partial charge in [-0.05, 0) is 31.6 Å². The van der Waals surface area contributed by atoms with Gasteiger partial charge in [0.2, 0.25) is 0 Å². The van der Waals surface area contributed by atoms with Crippen LogP contribution in [-0.2, 0) is 14.3 Å². The lowest BCUT2D eigenvalue weighted by molar-refractivity contribution is -0.175. The highest BCUT2D eigenvalue weighted by Crippen LogP contribution is 2.40. The number of ether oxygens (including phenoxy) is 1. The summed E-state index contributed by atoms with van der Waals surface area (Å²) in [5, 5.41) is 0. The van der Waals surface area contributed by atoms with Crippen molar-refractivity contribution in [1.29, 1.82) is 0 Å². The molecule has 84 valence electrons. The molecule has 15 heavy (non-hydrogen) atoms. The normalized spacial score (nSPS) is 36.7. The molecule has 1 heterocycles. The Kier molecular flexibility index (Phi) is 2.81. The molecule has 2 fully saturated rings. The van der Waals surface area contributed by atoms with Gasteiger partial charge in [-0.15, -0.1) is 0 Å². The van der Waals surface area contributed by atoms with Crippen molar-refractivity contribution in [2.45, 2.75) is 57.5 Å². The average molecular weight is 210 g/mol. The van der Waals surface area contributed by atoms with Gasteiger partial charge in [0.25, 0.3) is 0 Å². The van der Waals surface area contributed by atoms with Crippen molar-refractivity contribution in [2.24, 2.45) is 5.92 Å². The van der Waals surface area contributed by atoms with Crippen molar-refractivity contribution in [2.75, 3.05) is 0 Å². The van der Waals surface area contributed by atoms with Crippen LogP contribution in [0, 0.1) is 5.92 Å². The zero-order valence-electron chi connectivity index (χ0n) is 9.25. The third-order valence-electron chi connectivity index (χ3n) is 3.78. The van der Waals surface area contributed by atoms with Gasteiger partial charge in [0.1, 0.15) is 17.8 Å². The van der Waals surface area contributed by atoms with Gasteiger partial charge in [0.05, 0.1) is 0 Å². The minimum atomic E-state index is -0.419. The zero-order valence-corrected chi connectivity index (χ0v) is 9.25. The number of hydrogen-bond donors (Lipinski definition) is 0. The second-order valence-electron chi connectivity index (χ2n) is 4.90. The van der Waals surface area contributed by atoms with Gasteiger partial charge in [-0.25, -0.2) is 0 Å². The second kappa shape index (κ2) is 3.95. The third kappa shape index (κ3) is 2.21. The molecule has 0 N–H and O–H groups in total. The maximum Gasteiger partial charge on any atom is 0.313 e. The highest BCUT2D eigenvalue weighted by Gasteiger charge is 2.43. The molecular weight excluding hydrogens is 192 g/mol. The minimum Gasteiger partial charge on any atom is -0.458 e. The first-order chi connectivity index (χ1) is 7.13. The monoisotopic (exact) mass is 210 g/mol. The molecule has 1 saturated carbocycles. The molecule has 0 atom stereocenters. The van der Waals surface area contributed by atoms with Crippen LogP contribution in [-0.4, -0.2) is 17.4 Å². The van der Waals surface area contributed by atoms with E-state index in [2.05, 4.69) is 6.92 Å². The molecular formula is C12H18O3. The number of hydrogen-bond acceptors (Lipinski definition) is 3. The van der Waals surface area contributed by atoms with Crippen LogP contribution in [0.3, 0.4) is 0 Å². The Labute approximate surface area is 90.2 Å². The van der Waals surface area contributed by atoms with E-state index in [9.17, 15) is 9.59 Å². The Morgan fingerprint density at radius 1 is 1.33 bits per heavy atom. The maximum absolute atomic E-state index is 11.4. The van der Waals surface area contributed by atoms with E-state index in [4.69, 9.17) is 4.74 Å². The van der Waals surface area contributed by atoms with Crippen molar-refractivity contribution in [3.8, 4) is 0 Å². The molecule has 0 aromatic carbocycles. The first-order valence-corrected chi connectivity index (χ1v) is 5.87. The van der Waals surface area contributed by atoms with E-state index in [-0.39, 0.29) is 18.2 Å². The lowest BCUT2D eigenvalue weighted by Gasteiger charge is -2.41. The number of ketones is 1. The molecule has 0 unspecified atom stereocenters. The predicted molar refractivity (Wildman–Crippen MR) is 55.3 cm³/mol. The van der Waals surface area contributed by atoms with E-state index in [0.29, 0.717) is 6.42 Å². The summed E-state index contributed by atoms with van der Waals surface area (Å²) in [4.78, 5) is 22.7. The smallest absolute Gasteiger partial charge is 0.313 e. The number of carbonyl (C=O) groups is 2. The standard InChI is InChI=1S/C12H18O3/c1-2-9-3-5-12(6-4-9)8-10(13)7-11(14)15-12/h9H,2-8H2,1H3. The average Bonchev–Trinajstić information content (AvgIpc) is 2.17. The summed E-state index contributed by atoms with van der Waals surface area (Å²) in [6.07, 6.45) is 5.58. The lowest BCUT2D eigenvalue weighted by Crippen LogP contribution is -2.45. The molecule has 0 bridgehead atoms. The molecule has 0 amide bonds. The van der Waals surface area contributed by atoms with Gasteiger partial charge in [-0.3, -0.25) is 9.59 Å². The van der Waals surface area contributed by atoms with Gasteiger partial charge in [0, 0.05) is 6.42 Å². The van der Waals surface area contributed by atoms with Crippen molar-refractivity contribution in [3.63, 3.8) is 0 Å². The van der Waals surface area contributed by atoms with Crippen molar-refractivity contribution >= 4 is 11.8 Å². The predicted octanol–water partition coefficient (Wildman–Crippen LogP) is 2.23. The molecule has 3 heteroatoms. The van der Waals surface area contributed by atoms with Crippen LogP contribution in [0.1, 0.15) is 51.9 Å². The van der Waals surface area contributed by atoms with Crippen LogP contribution in [0.5, 0.6) is 0 Å². The molecule has 1 saturated heterocycles. The van der Waals surface area contributed by atoms with E-state index in [1.807, 2.05) is 0 Å². The fraction of sp³-hybridized carbons (Fsp3) is 0.833. The van der Waals surface area contributed by atoms with Crippen LogP contribution in [0.25, 0.3) is 0 Å². The van der Waals surface area contributed by atoms with Gasteiger partial charge >= 0.3 is 5.97 Å². The summed E-state index contributed by atoms with van der Waals surface area (Å²) in [6, 6.07) is 0. The van der Waals surface area contributed by atoms with Crippen LogP contribution in [0.4, 0.5) is 0 Å². The first-order valence-electron chi connectivity index (χ1n) is 5.87. The van der Waals surface area contributed by atoms with Gasteiger partial charge in [-0.2, -0.15) is 0 Å². The molecule has 0 radical (unpaired) electrons. The Hall–Kier alpha value is -0.860. The molecule has 1 aliphatic heterocycles. The topological polar surface area (TPSA) is 43.4 Å². The largest absolute Gasteiger partial charge is 0.458 e. The Morgan fingerprint density at radius 2 is 2.00 bits per heavy atom. The van der Waals surface area contributed by atoms with Gasteiger partial charge < -0.3 is 4.74 Å². The summed E-state index contributed by atoms with van der Waals surface area (Å²) in [6.45, 7) is 2.20. The maximum atomic E-state index is 11.4. The third-order valence-corrected chi connectivity index (χ3v) is 3.78. The second-order valence-corrected chi connectivity index (χ2v) is 4.90. The van der Waals surface area contributed by atoms with Gasteiger partial charge in [-0.1, -0.05) is 13.3 Å². The van der Waals surface area contributed by atoms with Crippen LogP contribution < -0.4 is 0 Å². The van der Waals surface area contributed by atoms with E-state index in [1.54, 1.807) is 0 Å². The summed E-state index contributed by atoms with van der Waals surface area (Å²) in [5.41, 5.74) is -0.419. The number of rotatable bonds is 1. The highest BCUT2D eigenvalue weighted by molar-refractivity contribution is 5.98. The van der Waals surface area contributed by atoms with Crippen molar-refractivity contribution in [1.82, 2.24) is 0 Å². The summed E-state index contributed by atoms with van der Waals surface area (Å²) >= 11 is 0. The molecule has 2 rings (SSSR count). The molecule has 2 aliphatic rings. The van der Waals surface area contributed by atoms with Crippen molar-refractivity contribution in [3.05, 3.63) is 0 Å².